The summed E-state index contributed by atoms with van der Waals surface area (Å²) in [6.07, 6.45) is 1.52. The number of nitrogen functional groups attached to an aromatic ring is 1. The number of nitrogens with zero attached hydrogens (tertiary/aromatic N) is 1. The first-order chi connectivity index (χ1) is 8.58. The maximum absolute atomic E-state index is 12.0. The lowest BCUT2D eigenvalue weighted by Gasteiger charge is -2.09. The van der Waals surface area contributed by atoms with Gasteiger partial charge >= 0.3 is 0 Å². The summed E-state index contributed by atoms with van der Waals surface area (Å²) in [5.41, 5.74) is 8.28. The van der Waals surface area contributed by atoms with Crippen LogP contribution in [-0.4, -0.2) is 10.9 Å². The minimum absolute atomic E-state index is 0.257. The highest BCUT2D eigenvalue weighted by Crippen LogP contribution is 2.20. The Bertz CT molecular complexity index is 599. The van der Waals surface area contributed by atoms with Gasteiger partial charge in [0, 0.05) is 21.1 Å². The van der Waals surface area contributed by atoms with E-state index in [0.29, 0.717) is 11.4 Å². The summed E-state index contributed by atoms with van der Waals surface area (Å²) in [6.45, 7) is 1.96. The van der Waals surface area contributed by atoms with Gasteiger partial charge in [-0.3, -0.25) is 9.78 Å². The molecular formula is C13H12IN3O. The van der Waals surface area contributed by atoms with Crippen LogP contribution in [0.25, 0.3) is 0 Å². The zero-order chi connectivity index (χ0) is 13.1. The van der Waals surface area contributed by atoms with E-state index in [9.17, 15) is 4.79 Å². The van der Waals surface area contributed by atoms with Crippen molar-refractivity contribution in [2.24, 2.45) is 0 Å². The fourth-order valence-electron chi connectivity index (χ4n) is 1.50. The number of aromatic nitrogens is 1. The number of amides is 1. The molecule has 0 aliphatic carbocycles. The van der Waals surface area contributed by atoms with E-state index in [1.165, 1.54) is 6.20 Å². The van der Waals surface area contributed by atoms with Crippen molar-refractivity contribution in [2.75, 3.05) is 11.1 Å². The maximum Gasteiger partial charge on any atom is 0.274 e. The number of hydrogen-bond donors (Lipinski definition) is 2. The van der Waals surface area contributed by atoms with Crippen LogP contribution in [0.5, 0.6) is 0 Å². The number of benzene rings is 1. The molecule has 18 heavy (non-hydrogen) atoms. The molecule has 0 saturated carbocycles. The Morgan fingerprint density at radius 3 is 2.89 bits per heavy atom. The van der Waals surface area contributed by atoms with E-state index in [4.69, 9.17) is 5.73 Å². The Balaban J connectivity index is 2.24. The summed E-state index contributed by atoms with van der Waals surface area (Å²) < 4.78 is 1.10. The van der Waals surface area contributed by atoms with Crippen molar-refractivity contribution in [3.05, 3.63) is 51.4 Å². The van der Waals surface area contributed by atoms with Gasteiger partial charge in [0.1, 0.15) is 5.69 Å². The van der Waals surface area contributed by atoms with Crippen LogP contribution in [0.15, 0.2) is 36.5 Å². The Kier molecular flexibility index (Phi) is 3.81. The number of carbonyl (C=O) groups is 1. The van der Waals surface area contributed by atoms with Crippen LogP contribution in [0.4, 0.5) is 11.4 Å². The summed E-state index contributed by atoms with van der Waals surface area (Å²) in [5, 5.41) is 2.83. The van der Waals surface area contributed by atoms with Crippen LogP contribution in [0.3, 0.4) is 0 Å². The second-order valence-corrected chi connectivity index (χ2v) is 5.00. The summed E-state index contributed by atoms with van der Waals surface area (Å²) in [4.78, 5) is 16.0. The number of anilines is 2. The Labute approximate surface area is 119 Å². The standard InChI is InChI=1S/C13H12IN3O/c1-8-10(14)3-2-4-11(8)17-13(18)12-7-9(15)5-6-16-12/h2-7H,1H3,(H2,15,16)(H,17,18). The van der Waals surface area contributed by atoms with E-state index >= 15 is 0 Å². The molecule has 0 aliphatic heterocycles. The average Bonchev–Trinajstić information content (AvgIpc) is 2.35. The van der Waals surface area contributed by atoms with Crippen molar-refractivity contribution in [1.29, 1.82) is 0 Å². The molecule has 0 aliphatic rings. The number of nitrogens with two attached hydrogens (primary N) is 1. The van der Waals surface area contributed by atoms with E-state index < -0.39 is 0 Å². The third kappa shape index (κ3) is 2.79. The number of rotatable bonds is 2. The largest absolute Gasteiger partial charge is 0.399 e. The third-order valence-electron chi connectivity index (χ3n) is 2.53. The highest BCUT2D eigenvalue weighted by atomic mass is 127. The predicted molar refractivity (Wildman–Crippen MR) is 80.5 cm³/mol. The van der Waals surface area contributed by atoms with E-state index in [1.807, 2.05) is 25.1 Å². The van der Waals surface area contributed by atoms with Gasteiger partial charge in [0.15, 0.2) is 0 Å². The van der Waals surface area contributed by atoms with Crippen molar-refractivity contribution in [3.63, 3.8) is 0 Å². The monoisotopic (exact) mass is 353 g/mol. The second-order valence-electron chi connectivity index (χ2n) is 3.84. The molecule has 2 rings (SSSR count). The number of halogens is 1. The molecule has 1 aromatic carbocycles. The molecule has 0 radical (unpaired) electrons. The molecule has 0 spiro atoms. The van der Waals surface area contributed by atoms with Crippen molar-refractivity contribution < 1.29 is 4.79 Å². The molecule has 1 amide bonds. The minimum atomic E-state index is -0.257. The van der Waals surface area contributed by atoms with Crippen LogP contribution >= 0.6 is 22.6 Å². The fourth-order valence-corrected chi connectivity index (χ4v) is 2.00. The SMILES string of the molecule is Cc1c(I)cccc1NC(=O)c1cc(N)ccn1. The Morgan fingerprint density at radius 1 is 1.39 bits per heavy atom. The van der Waals surface area contributed by atoms with Gasteiger partial charge in [0.05, 0.1) is 0 Å². The minimum Gasteiger partial charge on any atom is -0.399 e. The first kappa shape index (κ1) is 12.8. The lowest BCUT2D eigenvalue weighted by Crippen LogP contribution is -2.14. The van der Waals surface area contributed by atoms with E-state index in [-0.39, 0.29) is 5.91 Å². The van der Waals surface area contributed by atoms with Crippen LogP contribution in [0.1, 0.15) is 16.1 Å². The van der Waals surface area contributed by atoms with Gasteiger partial charge in [-0.05, 0) is 59.3 Å². The molecular weight excluding hydrogens is 341 g/mol. The average molecular weight is 353 g/mol. The van der Waals surface area contributed by atoms with Crippen molar-refractivity contribution in [2.45, 2.75) is 6.92 Å². The van der Waals surface area contributed by atoms with Crippen LogP contribution in [0.2, 0.25) is 0 Å². The lowest BCUT2D eigenvalue weighted by molar-refractivity contribution is 0.102. The summed E-state index contributed by atoms with van der Waals surface area (Å²) >= 11 is 2.23. The topological polar surface area (TPSA) is 68.0 Å². The van der Waals surface area contributed by atoms with Gasteiger partial charge in [0.2, 0.25) is 0 Å². The van der Waals surface area contributed by atoms with Gasteiger partial charge in [-0.25, -0.2) is 0 Å². The van der Waals surface area contributed by atoms with Gasteiger partial charge in [-0.2, -0.15) is 0 Å². The maximum atomic E-state index is 12.0. The smallest absolute Gasteiger partial charge is 0.274 e. The number of carbonyl (C=O) groups excluding carboxylic acids is 1. The molecule has 1 aromatic heterocycles. The van der Waals surface area contributed by atoms with Gasteiger partial charge in [-0.15, -0.1) is 0 Å². The summed E-state index contributed by atoms with van der Waals surface area (Å²) in [6, 6.07) is 8.95. The quantitative estimate of drug-likeness (QED) is 0.816. The number of hydrogen-bond acceptors (Lipinski definition) is 3. The molecule has 5 heteroatoms. The molecule has 3 N–H and O–H groups in total. The molecule has 0 atom stereocenters. The fraction of sp³-hybridized carbons (Fsp3) is 0.0769. The van der Waals surface area contributed by atoms with Crippen LogP contribution in [-0.2, 0) is 0 Å². The molecule has 0 bridgehead atoms. The molecule has 4 nitrogen and oxygen atoms in total. The van der Waals surface area contributed by atoms with Crippen molar-refractivity contribution >= 4 is 39.9 Å². The molecule has 92 valence electrons. The van der Waals surface area contributed by atoms with Crippen molar-refractivity contribution in [3.8, 4) is 0 Å². The predicted octanol–water partition coefficient (Wildman–Crippen LogP) is 2.83. The van der Waals surface area contributed by atoms with Gasteiger partial charge in [-0.1, -0.05) is 6.07 Å². The van der Waals surface area contributed by atoms with E-state index in [1.54, 1.807) is 12.1 Å². The van der Waals surface area contributed by atoms with E-state index in [0.717, 1.165) is 14.8 Å². The van der Waals surface area contributed by atoms with Crippen LogP contribution < -0.4 is 11.1 Å². The highest BCUT2D eigenvalue weighted by molar-refractivity contribution is 14.1. The normalized spacial score (nSPS) is 10.1. The zero-order valence-electron chi connectivity index (χ0n) is 9.77. The number of nitrogens with one attached hydrogen (secondary N) is 1. The summed E-state index contributed by atoms with van der Waals surface area (Å²) in [5.74, 6) is -0.257. The first-order valence-electron chi connectivity index (χ1n) is 5.36. The van der Waals surface area contributed by atoms with Gasteiger partial charge < -0.3 is 11.1 Å². The van der Waals surface area contributed by atoms with E-state index in [2.05, 4.69) is 32.9 Å². The van der Waals surface area contributed by atoms with Gasteiger partial charge in [0.25, 0.3) is 5.91 Å². The molecule has 2 aromatic rings. The Hall–Kier alpha value is -1.63. The molecule has 0 unspecified atom stereocenters. The first-order valence-corrected chi connectivity index (χ1v) is 6.44. The Morgan fingerprint density at radius 2 is 2.17 bits per heavy atom. The molecule has 0 fully saturated rings. The zero-order valence-corrected chi connectivity index (χ0v) is 11.9. The van der Waals surface area contributed by atoms with Crippen LogP contribution in [0, 0.1) is 10.5 Å². The van der Waals surface area contributed by atoms with Crippen molar-refractivity contribution in [1.82, 2.24) is 4.98 Å². The summed E-state index contributed by atoms with van der Waals surface area (Å²) in [7, 11) is 0. The molecule has 0 saturated heterocycles. The highest BCUT2D eigenvalue weighted by Gasteiger charge is 2.10. The lowest BCUT2D eigenvalue weighted by atomic mass is 10.2. The second kappa shape index (κ2) is 5.34. The third-order valence-corrected chi connectivity index (χ3v) is 3.70. The number of pyridine rings is 1. The molecule has 1 heterocycles.